The Morgan fingerprint density at radius 1 is 1.35 bits per heavy atom. The molecule has 2 rings (SSSR count). The molecule has 1 amide bonds. The zero-order chi connectivity index (χ0) is 17.4. The van der Waals surface area contributed by atoms with Gasteiger partial charge in [-0.3, -0.25) is 9.69 Å². The highest BCUT2D eigenvalue weighted by molar-refractivity contribution is 5.92. The van der Waals surface area contributed by atoms with E-state index in [9.17, 15) is 9.90 Å². The summed E-state index contributed by atoms with van der Waals surface area (Å²) in [5.74, 6) is 0.633. The van der Waals surface area contributed by atoms with Crippen LogP contribution < -0.4 is 0 Å². The number of carbonyl (C=O) groups is 1. The summed E-state index contributed by atoms with van der Waals surface area (Å²) in [4.78, 5) is 16.7. The molecular formula is C17H29N3O3. The van der Waals surface area contributed by atoms with Gasteiger partial charge < -0.3 is 14.5 Å². The number of hydrogen-bond acceptors (Lipinski definition) is 5. The SMILES string of the molecule is CC1CN(CC(C)(C)O)CCN1C(=O)c1cc(C(C)(C)C)on1. The minimum absolute atomic E-state index is 0.0772. The third kappa shape index (κ3) is 4.54. The lowest BCUT2D eigenvalue weighted by molar-refractivity contribution is 0.00551. The molecule has 1 saturated heterocycles. The van der Waals surface area contributed by atoms with Crippen molar-refractivity contribution in [2.24, 2.45) is 0 Å². The summed E-state index contributed by atoms with van der Waals surface area (Å²) in [6.07, 6.45) is 0. The van der Waals surface area contributed by atoms with E-state index in [2.05, 4.69) is 10.1 Å². The average Bonchev–Trinajstić information content (AvgIpc) is 2.85. The molecule has 1 N–H and O–H groups in total. The summed E-state index contributed by atoms with van der Waals surface area (Å²) >= 11 is 0. The Labute approximate surface area is 138 Å². The van der Waals surface area contributed by atoms with Gasteiger partial charge in [0, 0.05) is 43.7 Å². The highest BCUT2D eigenvalue weighted by Gasteiger charge is 2.32. The Kier molecular flexibility index (Phi) is 4.87. The number of amides is 1. The van der Waals surface area contributed by atoms with Gasteiger partial charge >= 0.3 is 0 Å². The zero-order valence-electron chi connectivity index (χ0n) is 15.1. The van der Waals surface area contributed by atoms with Crippen LogP contribution in [-0.4, -0.2) is 63.8 Å². The lowest BCUT2D eigenvalue weighted by atomic mass is 9.93. The molecule has 0 spiro atoms. The van der Waals surface area contributed by atoms with Crippen LogP contribution >= 0.6 is 0 Å². The number of β-amino-alcohol motifs (C(OH)–C–C–N with tert-alkyl or cyclic N) is 1. The zero-order valence-corrected chi connectivity index (χ0v) is 15.1. The molecular weight excluding hydrogens is 294 g/mol. The molecule has 0 radical (unpaired) electrons. The van der Waals surface area contributed by atoms with Crippen LogP contribution in [0.1, 0.15) is 57.8 Å². The minimum atomic E-state index is -0.723. The maximum Gasteiger partial charge on any atom is 0.276 e. The number of aromatic nitrogens is 1. The monoisotopic (exact) mass is 323 g/mol. The topological polar surface area (TPSA) is 69.8 Å². The lowest BCUT2D eigenvalue weighted by Gasteiger charge is -2.41. The van der Waals surface area contributed by atoms with Crippen LogP contribution in [-0.2, 0) is 5.41 Å². The molecule has 6 nitrogen and oxygen atoms in total. The van der Waals surface area contributed by atoms with Crippen molar-refractivity contribution in [1.29, 1.82) is 0 Å². The van der Waals surface area contributed by atoms with Gasteiger partial charge in [0.2, 0.25) is 0 Å². The summed E-state index contributed by atoms with van der Waals surface area (Å²) in [7, 11) is 0. The second-order valence-electron chi connectivity index (χ2n) is 8.22. The molecule has 1 atom stereocenters. The van der Waals surface area contributed by atoms with Crippen LogP contribution in [0.5, 0.6) is 0 Å². The highest BCUT2D eigenvalue weighted by Crippen LogP contribution is 2.24. The molecule has 1 aliphatic heterocycles. The standard InChI is InChI=1S/C17H29N3O3/c1-12-10-19(11-17(5,6)22)7-8-20(12)15(21)13-9-14(23-18-13)16(2,3)4/h9,12,22H,7-8,10-11H2,1-6H3. The molecule has 0 bridgehead atoms. The van der Waals surface area contributed by atoms with Gasteiger partial charge in [0.1, 0.15) is 5.76 Å². The number of piperazine rings is 1. The van der Waals surface area contributed by atoms with Crippen molar-refractivity contribution in [2.45, 2.75) is 58.6 Å². The van der Waals surface area contributed by atoms with Gasteiger partial charge in [-0.05, 0) is 20.8 Å². The quantitative estimate of drug-likeness (QED) is 0.920. The van der Waals surface area contributed by atoms with E-state index in [1.54, 1.807) is 19.9 Å². The molecule has 1 aliphatic rings. The minimum Gasteiger partial charge on any atom is -0.389 e. The Hall–Kier alpha value is -1.40. The first-order chi connectivity index (χ1) is 10.5. The van der Waals surface area contributed by atoms with E-state index in [0.29, 0.717) is 24.5 Å². The van der Waals surface area contributed by atoms with Crippen LogP contribution in [0, 0.1) is 0 Å². The van der Waals surface area contributed by atoms with Crippen LogP contribution in [0.3, 0.4) is 0 Å². The molecule has 0 aromatic carbocycles. The lowest BCUT2D eigenvalue weighted by Crippen LogP contribution is -2.56. The molecule has 23 heavy (non-hydrogen) atoms. The van der Waals surface area contributed by atoms with Crippen molar-refractivity contribution in [1.82, 2.24) is 15.0 Å². The summed E-state index contributed by atoms with van der Waals surface area (Å²) in [6.45, 7) is 14.5. The molecule has 1 aromatic rings. The second kappa shape index (κ2) is 6.24. The highest BCUT2D eigenvalue weighted by atomic mass is 16.5. The molecule has 1 aromatic heterocycles. The first-order valence-electron chi connectivity index (χ1n) is 8.20. The fourth-order valence-electron chi connectivity index (χ4n) is 2.90. The summed E-state index contributed by atoms with van der Waals surface area (Å²) in [6, 6.07) is 1.83. The number of aliphatic hydroxyl groups is 1. The van der Waals surface area contributed by atoms with Crippen LogP contribution in [0.25, 0.3) is 0 Å². The molecule has 0 saturated carbocycles. The summed E-state index contributed by atoms with van der Waals surface area (Å²) in [5, 5.41) is 13.9. The Bertz CT molecular complexity index is 554. The molecule has 6 heteroatoms. The maximum absolute atomic E-state index is 12.7. The van der Waals surface area contributed by atoms with Gasteiger partial charge in [-0.25, -0.2) is 0 Å². The van der Waals surface area contributed by atoms with Crippen LogP contribution in [0.15, 0.2) is 10.6 Å². The molecule has 1 unspecified atom stereocenters. The van der Waals surface area contributed by atoms with Gasteiger partial charge in [0.15, 0.2) is 5.69 Å². The van der Waals surface area contributed by atoms with E-state index in [-0.39, 0.29) is 17.4 Å². The van der Waals surface area contributed by atoms with Crippen molar-refractivity contribution in [3.05, 3.63) is 17.5 Å². The van der Waals surface area contributed by atoms with Gasteiger partial charge in [-0.2, -0.15) is 0 Å². The Balaban J connectivity index is 2.03. The van der Waals surface area contributed by atoms with Crippen molar-refractivity contribution in [3.8, 4) is 0 Å². The van der Waals surface area contributed by atoms with Crippen molar-refractivity contribution >= 4 is 5.91 Å². The average molecular weight is 323 g/mol. The van der Waals surface area contributed by atoms with E-state index < -0.39 is 5.60 Å². The largest absolute Gasteiger partial charge is 0.389 e. The van der Waals surface area contributed by atoms with Crippen molar-refractivity contribution in [3.63, 3.8) is 0 Å². The van der Waals surface area contributed by atoms with E-state index in [4.69, 9.17) is 4.52 Å². The fourth-order valence-corrected chi connectivity index (χ4v) is 2.90. The Morgan fingerprint density at radius 2 is 2.00 bits per heavy atom. The van der Waals surface area contributed by atoms with Crippen LogP contribution in [0.4, 0.5) is 0 Å². The van der Waals surface area contributed by atoms with E-state index in [1.165, 1.54) is 0 Å². The molecule has 130 valence electrons. The first kappa shape index (κ1) is 17.9. The first-order valence-corrected chi connectivity index (χ1v) is 8.20. The second-order valence-corrected chi connectivity index (χ2v) is 8.22. The number of carbonyl (C=O) groups excluding carboxylic acids is 1. The third-order valence-electron chi connectivity index (χ3n) is 4.05. The summed E-state index contributed by atoms with van der Waals surface area (Å²) in [5.41, 5.74) is -0.514. The van der Waals surface area contributed by atoms with Gasteiger partial charge in [-0.15, -0.1) is 0 Å². The molecule has 1 fully saturated rings. The number of hydrogen-bond donors (Lipinski definition) is 1. The molecule has 2 heterocycles. The normalized spacial score (nSPS) is 20.8. The molecule has 0 aliphatic carbocycles. The predicted molar refractivity (Wildman–Crippen MR) is 88.4 cm³/mol. The van der Waals surface area contributed by atoms with E-state index in [1.807, 2.05) is 32.6 Å². The third-order valence-corrected chi connectivity index (χ3v) is 4.05. The maximum atomic E-state index is 12.7. The van der Waals surface area contributed by atoms with E-state index in [0.717, 1.165) is 13.1 Å². The number of nitrogens with zero attached hydrogens (tertiary/aromatic N) is 3. The fraction of sp³-hybridized carbons (Fsp3) is 0.765. The summed E-state index contributed by atoms with van der Waals surface area (Å²) < 4.78 is 5.32. The van der Waals surface area contributed by atoms with Gasteiger partial charge in [-0.1, -0.05) is 25.9 Å². The van der Waals surface area contributed by atoms with Gasteiger partial charge in [0.05, 0.1) is 5.60 Å². The Morgan fingerprint density at radius 3 is 2.48 bits per heavy atom. The van der Waals surface area contributed by atoms with Crippen LogP contribution in [0.2, 0.25) is 0 Å². The van der Waals surface area contributed by atoms with Crippen molar-refractivity contribution in [2.75, 3.05) is 26.2 Å². The number of rotatable bonds is 3. The predicted octanol–water partition coefficient (Wildman–Crippen LogP) is 1.89. The smallest absolute Gasteiger partial charge is 0.276 e. The van der Waals surface area contributed by atoms with Gasteiger partial charge in [0.25, 0.3) is 5.91 Å². The van der Waals surface area contributed by atoms with E-state index >= 15 is 0 Å². The van der Waals surface area contributed by atoms with Crippen molar-refractivity contribution < 1.29 is 14.4 Å².